The molecule has 116 valence electrons. The third-order valence-electron chi connectivity index (χ3n) is 4.51. The van der Waals surface area contributed by atoms with Gasteiger partial charge < -0.3 is 15.4 Å². The average Bonchev–Trinajstić information content (AvgIpc) is 3.12. The first kappa shape index (κ1) is 14.4. The van der Waals surface area contributed by atoms with Crippen LogP contribution in [-0.4, -0.2) is 46.4 Å². The van der Waals surface area contributed by atoms with Crippen molar-refractivity contribution in [1.82, 2.24) is 14.7 Å². The minimum atomic E-state index is 0.148. The molecule has 2 fully saturated rings. The van der Waals surface area contributed by atoms with Crippen LogP contribution in [0.3, 0.4) is 0 Å². The van der Waals surface area contributed by atoms with E-state index in [1.807, 2.05) is 18.7 Å². The second-order valence-electron chi connectivity index (χ2n) is 6.25. The zero-order chi connectivity index (χ0) is 15.0. The predicted octanol–water partition coefficient (Wildman–Crippen LogP) is 1.11. The molecular formula is C15H24N4O2. The van der Waals surface area contributed by atoms with Crippen LogP contribution in [0.1, 0.15) is 30.7 Å². The zero-order valence-corrected chi connectivity index (χ0v) is 12.8. The van der Waals surface area contributed by atoms with E-state index < -0.39 is 0 Å². The number of nitrogen functional groups attached to an aromatic ring is 1. The van der Waals surface area contributed by atoms with Crippen LogP contribution in [0.15, 0.2) is 0 Å². The molecule has 6 nitrogen and oxygen atoms in total. The van der Waals surface area contributed by atoms with Crippen molar-refractivity contribution in [2.75, 3.05) is 25.5 Å². The molecule has 6 heteroatoms. The van der Waals surface area contributed by atoms with Gasteiger partial charge in [-0.05, 0) is 33.1 Å². The summed E-state index contributed by atoms with van der Waals surface area (Å²) in [5.41, 5.74) is 8.29. The molecule has 2 heterocycles. The minimum Gasteiger partial charge on any atom is -0.396 e. The summed E-state index contributed by atoms with van der Waals surface area (Å²) in [5.74, 6) is 0.634. The van der Waals surface area contributed by atoms with Gasteiger partial charge in [0.15, 0.2) is 0 Å². The monoisotopic (exact) mass is 292 g/mol. The Morgan fingerprint density at radius 1 is 1.43 bits per heavy atom. The molecule has 1 aliphatic heterocycles. The second-order valence-corrected chi connectivity index (χ2v) is 6.25. The highest BCUT2D eigenvalue weighted by molar-refractivity contribution is 5.77. The lowest BCUT2D eigenvalue weighted by Gasteiger charge is -2.25. The summed E-state index contributed by atoms with van der Waals surface area (Å²) in [5, 5.41) is 4.36. The van der Waals surface area contributed by atoms with E-state index in [4.69, 9.17) is 10.5 Å². The Morgan fingerprint density at radius 3 is 2.71 bits per heavy atom. The van der Waals surface area contributed by atoms with Crippen LogP contribution < -0.4 is 5.73 Å². The van der Waals surface area contributed by atoms with Gasteiger partial charge in [0.25, 0.3) is 0 Å². The standard InChI is InChI=1S/C15H24N4O2/c1-10-15(16)11(2)19(17-10)8-14(20)18(13-3-4-13)7-12-5-6-21-9-12/h12-13H,3-9,16H2,1-2H3. The first-order valence-corrected chi connectivity index (χ1v) is 7.73. The Hall–Kier alpha value is -1.56. The number of anilines is 1. The van der Waals surface area contributed by atoms with Gasteiger partial charge in [-0.25, -0.2) is 0 Å². The van der Waals surface area contributed by atoms with Gasteiger partial charge in [0, 0.05) is 25.1 Å². The molecule has 1 aromatic heterocycles. The number of hydrogen-bond donors (Lipinski definition) is 1. The van der Waals surface area contributed by atoms with Crippen molar-refractivity contribution >= 4 is 11.6 Å². The van der Waals surface area contributed by atoms with E-state index in [1.54, 1.807) is 4.68 Å². The zero-order valence-electron chi connectivity index (χ0n) is 12.8. The molecular weight excluding hydrogens is 268 g/mol. The highest BCUT2D eigenvalue weighted by Crippen LogP contribution is 2.29. The van der Waals surface area contributed by atoms with Crippen molar-refractivity contribution in [3.05, 3.63) is 11.4 Å². The van der Waals surface area contributed by atoms with Gasteiger partial charge in [-0.3, -0.25) is 9.48 Å². The van der Waals surface area contributed by atoms with E-state index in [-0.39, 0.29) is 12.5 Å². The molecule has 0 aromatic carbocycles. The van der Waals surface area contributed by atoms with Gasteiger partial charge in [0.05, 0.1) is 23.7 Å². The normalized spacial score (nSPS) is 21.7. The second kappa shape index (κ2) is 5.67. The summed E-state index contributed by atoms with van der Waals surface area (Å²) in [7, 11) is 0. The smallest absolute Gasteiger partial charge is 0.244 e. The molecule has 2 N–H and O–H groups in total. The van der Waals surface area contributed by atoms with Crippen molar-refractivity contribution in [2.24, 2.45) is 5.92 Å². The molecule has 1 aliphatic carbocycles. The van der Waals surface area contributed by atoms with E-state index in [0.29, 0.717) is 17.6 Å². The van der Waals surface area contributed by atoms with Crippen LogP contribution in [0.25, 0.3) is 0 Å². The maximum Gasteiger partial charge on any atom is 0.244 e. The number of hydrogen-bond acceptors (Lipinski definition) is 4. The summed E-state index contributed by atoms with van der Waals surface area (Å²) < 4.78 is 7.15. The third kappa shape index (κ3) is 3.05. The van der Waals surface area contributed by atoms with Gasteiger partial charge >= 0.3 is 0 Å². The van der Waals surface area contributed by atoms with Gasteiger partial charge in [-0.15, -0.1) is 0 Å². The Balaban J connectivity index is 1.67. The lowest BCUT2D eigenvalue weighted by Crippen LogP contribution is -2.39. The lowest BCUT2D eigenvalue weighted by atomic mass is 10.1. The Kier molecular flexibility index (Phi) is 3.89. The average molecular weight is 292 g/mol. The number of nitrogens with zero attached hydrogens (tertiary/aromatic N) is 3. The molecule has 3 rings (SSSR count). The van der Waals surface area contributed by atoms with Crippen molar-refractivity contribution in [1.29, 1.82) is 0 Å². The Labute approximate surface area is 125 Å². The molecule has 21 heavy (non-hydrogen) atoms. The van der Waals surface area contributed by atoms with Crippen LogP contribution in [0.2, 0.25) is 0 Å². The van der Waals surface area contributed by atoms with E-state index in [0.717, 1.165) is 50.4 Å². The minimum absolute atomic E-state index is 0.148. The van der Waals surface area contributed by atoms with Crippen molar-refractivity contribution in [3.63, 3.8) is 0 Å². The molecule has 1 saturated carbocycles. The fraction of sp³-hybridized carbons (Fsp3) is 0.733. The summed E-state index contributed by atoms with van der Waals surface area (Å²) in [6.45, 7) is 6.49. The number of ether oxygens (including phenoxy) is 1. The molecule has 1 unspecified atom stereocenters. The molecule has 0 spiro atoms. The first-order chi connectivity index (χ1) is 10.1. The highest BCUT2D eigenvalue weighted by atomic mass is 16.5. The SMILES string of the molecule is Cc1nn(CC(=O)N(CC2CCOC2)C2CC2)c(C)c1N. The van der Waals surface area contributed by atoms with Crippen LogP contribution >= 0.6 is 0 Å². The summed E-state index contributed by atoms with van der Waals surface area (Å²) in [6, 6.07) is 0.424. The van der Waals surface area contributed by atoms with Gasteiger partial charge in [-0.1, -0.05) is 0 Å². The number of carbonyl (C=O) groups excluding carboxylic acids is 1. The van der Waals surface area contributed by atoms with E-state index in [9.17, 15) is 4.79 Å². The van der Waals surface area contributed by atoms with Crippen molar-refractivity contribution in [2.45, 2.75) is 45.7 Å². The van der Waals surface area contributed by atoms with Gasteiger partial charge in [0.1, 0.15) is 6.54 Å². The van der Waals surface area contributed by atoms with E-state index in [1.165, 1.54) is 0 Å². The molecule has 1 amide bonds. The Morgan fingerprint density at radius 2 is 2.19 bits per heavy atom. The maximum atomic E-state index is 12.6. The van der Waals surface area contributed by atoms with Gasteiger partial charge in [0.2, 0.25) is 5.91 Å². The number of aryl methyl sites for hydroxylation is 1. The Bertz CT molecular complexity index is 530. The van der Waals surface area contributed by atoms with E-state index >= 15 is 0 Å². The lowest BCUT2D eigenvalue weighted by molar-refractivity contribution is -0.133. The molecule has 1 saturated heterocycles. The third-order valence-corrected chi connectivity index (χ3v) is 4.51. The van der Waals surface area contributed by atoms with E-state index in [2.05, 4.69) is 5.10 Å². The molecule has 1 atom stereocenters. The molecule has 0 bridgehead atoms. The van der Waals surface area contributed by atoms with Crippen LogP contribution in [-0.2, 0) is 16.1 Å². The fourth-order valence-corrected chi connectivity index (χ4v) is 2.93. The molecule has 1 aromatic rings. The number of nitrogens with two attached hydrogens (primary N) is 1. The number of carbonyl (C=O) groups is 1. The summed E-state index contributed by atoms with van der Waals surface area (Å²) >= 11 is 0. The largest absolute Gasteiger partial charge is 0.396 e. The highest BCUT2D eigenvalue weighted by Gasteiger charge is 2.35. The van der Waals surface area contributed by atoms with Crippen LogP contribution in [0, 0.1) is 19.8 Å². The first-order valence-electron chi connectivity index (χ1n) is 7.73. The van der Waals surface area contributed by atoms with Gasteiger partial charge in [-0.2, -0.15) is 5.10 Å². The fourth-order valence-electron chi connectivity index (χ4n) is 2.93. The quantitative estimate of drug-likeness (QED) is 0.882. The molecule has 0 radical (unpaired) electrons. The number of amides is 1. The topological polar surface area (TPSA) is 73.4 Å². The summed E-state index contributed by atoms with van der Waals surface area (Å²) in [4.78, 5) is 14.7. The van der Waals surface area contributed by atoms with Crippen LogP contribution in [0.5, 0.6) is 0 Å². The van der Waals surface area contributed by atoms with Crippen molar-refractivity contribution in [3.8, 4) is 0 Å². The maximum absolute atomic E-state index is 12.6. The molecule has 2 aliphatic rings. The van der Waals surface area contributed by atoms with Crippen LogP contribution in [0.4, 0.5) is 5.69 Å². The predicted molar refractivity (Wildman–Crippen MR) is 79.8 cm³/mol. The number of rotatable bonds is 5. The van der Waals surface area contributed by atoms with Crippen molar-refractivity contribution < 1.29 is 9.53 Å². The number of aromatic nitrogens is 2. The summed E-state index contributed by atoms with van der Waals surface area (Å²) in [6.07, 6.45) is 3.31.